The van der Waals surface area contributed by atoms with E-state index in [0.29, 0.717) is 32.0 Å². The van der Waals surface area contributed by atoms with Gasteiger partial charge in [0.05, 0.1) is 19.3 Å². The predicted molar refractivity (Wildman–Crippen MR) is 70.3 cm³/mol. The first-order valence-corrected chi connectivity index (χ1v) is 6.78. The normalized spacial score (nSPS) is 22.1. The van der Waals surface area contributed by atoms with Crippen LogP contribution >= 0.6 is 0 Å². The summed E-state index contributed by atoms with van der Waals surface area (Å²) < 4.78 is 11.2. The van der Waals surface area contributed by atoms with E-state index in [0.717, 1.165) is 25.7 Å². The molecule has 3 heteroatoms. The van der Waals surface area contributed by atoms with Gasteiger partial charge in [-0.1, -0.05) is 43.2 Å². The van der Waals surface area contributed by atoms with Gasteiger partial charge in [-0.05, 0) is 18.4 Å². The van der Waals surface area contributed by atoms with Crippen LogP contribution in [-0.4, -0.2) is 30.5 Å². The average molecular weight is 250 g/mol. The molecule has 1 N–H and O–H groups in total. The summed E-state index contributed by atoms with van der Waals surface area (Å²) >= 11 is 0. The Morgan fingerprint density at radius 3 is 2.67 bits per heavy atom. The molecule has 1 aromatic carbocycles. The number of ether oxygens (including phenoxy) is 2. The Hall–Kier alpha value is -0.900. The highest BCUT2D eigenvalue weighted by Gasteiger charge is 2.37. The molecule has 2 rings (SSSR count). The second-order valence-electron chi connectivity index (χ2n) is 4.79. The molecule has 0 aromatic heterocycles. The average Bonchev–Trinajstić information content (AvgIpc) is 3.15. The third-order valence-corrected chi connectivity index (χ3v) is 3.23. The molecule has 1 saturated heterocycles. The summed E-state index contributed by atoms with van der Waals surface area (Å²) in [4.78, 5) is 0. The number of aliphatic hydroxyl groups is 1. The fourth-order valence-electron chi connectivity index (χ4n) is 2.08. The molecule has 1 aliphatic rings. The van der Waals surface area contributed by atoms with E-state index in [2.05, 4.69) is 12.1 Å². The minimum absolute atomic E-state index is 0.294. The van der Waals surface area contributed by atoms with Crippen LogP contribution in [0, 0.1) is 0 Å². The van der Waals surface area contributed by atoms with Gasteiger partial charge in [-0.25, -0.2) is 0 Å². The second kappa shape index (κ2) is 7.52. The quantitative estimate of drug-likeness (QED) is 0.541. The summed E-state index contributed by atoms with van der Waals surface area (Å²) in [7, 11) is 0. The molecule has 2 atom stereocenters. The van der Waals surface area contributed by atoms with Gasteiger partial charge < -0.3 is 14.6 Å². The fraction of sp³-hybridized carbons (Fsp3) is 0.600. The van der Waals surface area contributed by atoms with Crippen LogP contribution in [0.4, 0.5) is 0 Å². The number of unbranched alkanes of at least 4 members (excludes halogenated alkanes) is 2. The van der Waals surface area contributed by atoms with Crippen LogP contribution in [0.5, 0.6) is 0 Å². The summed E-state index contributed by atoms with van der Waals surface area (Å²) in [5, 5.41) is 8.67. The minimum atomic E-state index is 0.294. The highest BCUT2D eigenvalue weighted by molar-refractivity contribution is 5.13. The summed E-state index contributed by atoms with van der Waals surface area (Å²) in [6.07, 6.45) is 4.91. The van der Waals surface area contributed by atoms with Gasteiger partial charge in [0.1, 0.15) is 6.10 Å². The Labute approximate surface area is 109 Å². The standard InChI is InChI=1S/C15H22O3/c16-10-6-2-5-9-14-15(18-14)12-17-11-13-7-3-1-4-8-13/h1,3-4,7-8,14-16H,2,5-6,9-12H2/t14-,15-/m0/s1. The van der Waals surface area contributed by atoms with Crippen LogP contribution in [-0.2, 0) is 16.1 Å². The van der Waals surface area contributed by atoms with Crippen molar-refractivity contribution in [3.63, 3.8) is 0 Å². The van der Waals surface area contributed by atoms with Crippen molar-refractivity contribution in [3.05, 3.63) is 35.9 Å². The maximum absolute atomic E-state index is 8.67. The van der Waals surface area contributed by atoms with Crippen LogP contribution in [0.2, 0.25) is 0 Å². The highest BCUT2D eigenvalue weighted by atomic mass is 16.6. The van der Waals surface area contributed by atoms with Gasteiger partial charge in [-0.3, -0.25) is 0 Å². The summed E-state index contributed by atoms with van der Waals surface area (Å²) in [6, 6.07) is 10.2. The number of hydrogen-bond acceptors (Lipinski definition) is 3. The molecular formula is C15H22O3. The number of rotatable bonds is 9. The van der Waals surface area contributed by atoms with E-state index < -0.39 is 0 Å². The van der Waals surface area contributed by atoms with E-state index in [1.807, 2.05) is 18.2 Å². The van der Waals surface area contributed by atoms with E-state index in [1.165, 1.54) is 5.56 Å². The van der Waals surface area contributed by atoms with Gasteiger partial charge >= 0.3 is 0 Å². The Kier molecular flexibility index (Phi) is 5.65. The molecule has 1 aliphatic heterocycles. The molecule has 0 saturated carbocycles. The monoisotopic (exact) mass is 250 g/mol. The molecule has 0 unspecified atom stereocenters. The maximum Gasteiger partial charge on any atom is 0.107 e. The first-order valence-electron chi connectivity index (χ1n) is 6.78. The topological polar surface area (TPSA) is 42.0 Å². The Morgan fingerprint density at radius 2 is 1.89 bits per heavy atom. The molecule has 3 nitrogen and oxygen atoms in total. The zero-order valence-corrected chi connectivity index (χ0v) is 10.8. The molecule has 0 spiro atoms. The van der Waals surface area contributed by atoms with E-state index in [-0.39, 0.29) is 0 Å². The lowest BCUT2D eigenvalue weighted by molar-refractivity contribution is 0.104. The van der Waals surface area contributed by atoms with Crippen LogP contribution in [0.1, 0.15) is 31.2 Å². The second-order valence-corrected chi connectivity index (χ2v) is 4.79. The Balaban J connectivity index is 1.49. The molecule has 100 valence electrons. The number of benzene rings is 1. The third-order valence-electron chi connectivity index (χ3n) is 3.23. The zero-order chi connectivity index (χ0) is 12.6. The molecule has 1 aromatic rings. The molecule has 18 heavy (non-hydrogen) atoms. The lowest BCUT2D eigenvalue weighted by Crippen LogP contribution is -2.05. The summed E-state index contributed by atoms with van der Waals surface area (Å²) in [5.74, 6) is 0. The molecular weight excluding hydrogens is 228 g/mol. The van der Waals surface area contributed by atoms with Gasteiger partial charge in [0.15, 0.2) is 0 Å². The number of hydrogen-bond donors (Lipinski definition) is 1. The van der Waals surface area contributed by atoms with Crippen molar-refractivity contribution < 1.29 is 14.6 Å². The largest absolute Gasteiger partial charge is 0.396 e. The molecule has 0 aliphatic carbocycles. The van der Waals surface area contributed by atoms with Crippen molar-refractivity contribution in [3.8, 4) is 0 Å². The smallest absolute Gasteiger partial charge is 0.107 e. The summed E-state index contributed by atoms with van der Waals surface area (Å²) in [6.45, 7) is 1.66. The zero-order valence-electron chi connectivity index (χ0n) is 10.8. The van der Waals surface area contributed by atoms with Crippen LogP contribution < -0.4 is 0 Å². The van der Waals surface area contributed by atoms with Gasteiger partial charge in [-0.2, -0.15) is 0 Å². The van der Waals surface area contributed by atoms with Crippen molar-refractivity contribution in [2.45, 2.75) is 44.5 Å². The molecule has 0 amide bonds. The maximum atomic E-state index is 8.67. The van der Waals surface area contributed by atoms with E-state index in [4.69, 9.17) is 14.6 Å². The molecule has 0 radical (unpaired) electrons. The van der Waals surface area contributed by atoms with E-state index >= 15 is 0 Å². The number of aliphatic hydroxyl groups excluding tert-OH is 1. The van der Waals surface area contributed by atoms with Crippen LogP contribution in [0.25, 0.3) is 0 Å². The number of epoxide rings is 1. The molecule has 1 heterocycles. The van der Waals surface area contributed by atoms with Gasteiger partial charge in [0, 0.05) is 6.61 Å². The molecule has 0 bridgehead atoms. The Morgan fingerprint density at radius 1 is 1.06 bits per heavy atom. The van der Waals surface area contributed by atoms with Crippen molar-refractivity contribution in [1.29, 1.82) is 0 Å². The van der Waals surface area contributed by atoms with Gasteiger partial charge in [-0.15, -0.1) is 0 Å². The lowest BCUT2D eigenvalue weighted by Gasteiger charge is -2.02. The highest BCUT2D eigenvalue weighted by Crippen LogP contribution is 2.27. The molecule has 1 fully saturated rings. The first-order chi connectivity index (χ1) is 8.90. The van der Waals surface area contributed by atoms with Crippen molar-refractivity contribution in [1.82, 2.24) is 0 Å². The minimum Gasteiger partial charge on any atom is -0.396 e. The van der Waals surface area contributed by atoms with Crippen molar-refractivity contribution in [2.75, 3.05) is 13.2 Å². The third kappa shape index (κ3) is 4.77. The van der Waals surface area contributed by atoms with E-state index in [1.54, 1.807) is 0 Å². The fourth-order valence-corrected chi connectivity index (χ4v) is 2.08. The predicted octanol–water partition coefficient (Wildman–Crippen LogP) is 2.52. The Bertz CT molecular complexity index is 326. The van der Waals surface area contributed by atoms with Crippen molar-refractivity contribution >= 4 is 0 Å². The first kappa shape index (κ1) is 13.5. The van der Waals surface area contributed by atoms with E-state index in [9.17, 15) is 0 Å². The van der Waals surface area contributed by atoms with Gasteiger partial charge in [0.2, 0.25) is 0 Å². The summed E-state index contributed by atoms with van der Waals surface area (Å²) in [5.41, 5.74) is 1.21. The van der Waals surface area contributed by atoms with Crippen LogP contribution in [0.15, 0.2) is 30.3 Å². The van der Waals surface area contributed by atoms with Crippen LogP contribution in [0.3, 0.4) is 0 Å². The lowest BCUT2D eigenvalue weighted by atomic mass is 10.1. The SMILES string of the molecule is OCCCCC[C@@H]1O[C@H]1COCc1ccccc1. The van der Waals surface area contributed by atoms with Gasteiger partial charge in [0.25, 0.3) is 0 Å². The van der Waals surface area contributed by atoms with Crippen molar-refractivity contribution in [2.24, 2.45) is 0 Å².